The third kappa shape index (κ3) is 4.11. The van der Waals surface area contributed by atoms with Crippen LogP contribution in [0.2, 0.25) is 5.02 Å². The Bertz CT molecular complexity index is 846. The fourth-order valence-electron chi connectivity index (χ4n) is 2.04. The molecule has 7 heteroatoms. The molecular formula is C17H15ClN4O2. The number of carbonyl (C=O) groups is 1. The molecule has 0 spiro atoms. The second kappa shape index (κ2) is 7.14. The van der Waals surface area contributed by atoms with E-state index in [1.165, 1.54) is 0 Å². The molecule has 0 aliphatic rings. The minimum atomic E-state index is -0.382. The van der Waals surface area contributed by atoms with Crippen molar-refractivity contribution in [3.8, 4) is 11.5 Å². The maximum Gasteiger partial charge on any atom is 0.319 e. The quantitative estimate of drug-likeness (QED) is 0.750. The van der Waals surface area contributed by atoms with E-state index in [0.717, 1.165) is 11.1 Å². The molecule has 0 aliphatic heterocycles. The summed E-state index contributed by atoms with van der Waals surface area (Å²) in [5.41, 5.74) is 2.59. The van der Waals surface area contributed by atoms with E-state index < -0.39 is 0 Å². The lowest BCUT2D eigenvalue weighted by molar-refractivity contribution is 0.250. The third-order valence-corrected chi connectivity index (χ3v) is 3.48. The molecule has 6 nitrogen and oxygen atoms in total. The number of urea groups is 1. The number of nitrogens with zero attached hydrogens (tertiary/aromatic N) is 2. The van der Waals surface area contributed by atoms with Crippen molar-refractivity contribution in [3.63, 3.8) is 0 Å². The zero-order valence-corrected chi connectivity index (χ0v) is 13.7. The highest BCUT2D eigenvalue weighted by Gasteiger charge is 2.10. The number of amides is 2. The van der Waals surface area contributed by atoms with Crippen LogP contribution in [0.5, 0.6) is 0 Å². The lowest BCUT2D eigenvalue weighted by Crippen LogP contribution is -2.28. The molecule has 2 N–H and O–H groups in total. The number of benzene rings is 2. The lowest BCUT2D eigenvalue weighted by atomic mass is 10.1. The van der Waals surface area contributed by atoms with Crippen molar-refractivity contribution in [3.05, 3.63) is 65.0 Å². The van der Waals surface area contributed by atoms with Gasteiger partial charge in [-0.25, -0.2) is 4.79 Å². The van der Waals surface area contributed by atoms with Crippen molar-refractivity contribution in [2.24, 2.45) is 0 Å². The summed E-state index contributed by atoms with van der Waals surface area (Å²) in [5.74, 6) is 0.744. The van der Waals surface area contributed by atoms with E-state index in [1.807, 2.05) is 31.2 Å². The van der Waals surface area contributed by atoms with E-state index in [9.17, 15) is 4.79 Å². The number of hydrogen-bond acceptors (Lipinski definition) is 4. The van der Waals surface area contributed by atoms with Crippen LogP contribution < -0.4 is 10.6 Å². The maximum atomic E-state index is 11.9. The van der Waals surface area contributed by atoms with Gasteiger partial charge in [-0.05, 0) is 37.3 Å². The molecule has 122 valence electrons. The third-order valence-electron chi connectivity index (χ3n) is 3.25. The van der Waals surface area contributed by atoms with Gasteiger partial charge in [0.1, 0.15) is 0 Å². The minimum Gasteiger partial charge on any atom is -0.419 e. The van der Waals surface area contributed by atoms with Gasteiger partial charge < -0.3 is 15.1 Å². The summed E-state index contributed by atoms with van der Waals surface area (Å²) in [7, 11) is 0. The zero-order chi connectivity index (χ0) is 16.9. The molecule has 1 aromatic heterocycles. The van der Waals surface area contributed by atoms with Gasteiger partial charge in [0.2, 0.25) is 11.8 Å². The SMILES string of the molecule is Cc1ccc(-c2nnc(CNC(=O)Nc3cccc(Cl)c3)o2)cc1. The molecule has 3 rings (SSSR count). The van der Waals surface area contributed by atoms with E-state index in [-0.39, 0.29) is 12.6 Å². The number of halogens is 1. The van der Waals surface area contributed by atoms with Crippen molar-refractivity contribution in [2.75, 3.05) is 5.32 Å². The lowest BCUT2D eigenvalue weighted by Gasteiger charge is -2.05. The summed E-state index contributed by atoms with van der Waals surface area (Å²) in [6, 6.07) is 14.3. The molecule has 0 atom stereocenters. The van der Waals surface area contributed by atoms with E-state index >= 15 is 0 Å². The highest BCUT2D eigenvalue weighted by Crippen LogP contribution is 2.18. The zero-order valence-electron chi connectivity index (χ0n) is 12.9. The monoisotopic (exact) mass is 342 g/mol. The van der Waals surface area contributed by atoms with Gasteiger partial charge in [-0.1, -0.05) is 35.4 Å². The molecule has 0 saturated heterocycles. The summed E-state index contributed by atoms with van der Waals surface area (Å²) in [6.07, 6.45) is 0. The normalized spacial score (nSPS) is 10.4. The summed E-state index contributed by atoms with van der Waals surface area (Å²) < 4.78 is 5.54. The van der Waals surface area contributed by atoms with Crippen LogP contribution >= 0.6 is 11.6 Å². The van der Waals surface area contributed by atoms with Crippen LogP contribution in [-0.2, 0) is 6.54 Å². The van der Waals surface area contributed by atoms with Gasteiger partial charge in [0.25, 0.3) is 0 Å². The number of anilines is 1. The van der Waals surface area contributed by atoms with E-state index in [2.05, 4.69) is 20.8 Å². The molecule has 0 bridgehead atoms. The molecule has 0 unspecified atom stereocenters. The van der Waals surface area contributed by atoms with Crippen molar-refractivity contribution in [2.45, 2.75) is 13.5 Å². The summed E-state index contributed by atoms with van der Waals surface area (Å²) in [6.45, 7) is 2.14. The van der Waals surface area contributed by atoms with Gasteiger partial charge in [-0.15, -0.1) is 10.2 Å². The van der Waals surface area contributed by atoms with E-state index in [4.69, 9.17) is 16.0 Å². The van der Waals surface area contributed by atoms with Gasteiger partial charge in [-0.3, -0.25) is 0 Å². The number of hydrogen-bond donors (Lipinski definition) is 2. The van der Waals surface area contributed by atoms with Crippen LogP contribution in [0.4, 0.5) is 10.5 Å². The van der Waals surface area contributed by atoms with Crippen LogP contribution in [0.15, 0.2) is 52.9 Å². The fraction of sp³-hybridized carbons (Fsp3) is 0.118. The van der Waals surface area contributed by atoms with Crippen LogP contribution in [0.25, 0.3) is 11.5 Å². The number of aryl methyl sites for hydroxylation is 1. The smallest absolute Gasteiger partial charge is 0.319 e. The maximum absolute atomic E-state index is 11.9. The van der Waals surface area contributed by atoms with Gasteiger partial charge in [0.15, 0.2) is 0 Å². The average Bonchev–Trinajstić information content (AvgIpc) is 3.03. The Hall–Kier alpha value is -2.86. The first kappa shape index (κ1) is 16.0. The van der Waals surface area contributed by atoms with Crippen LogP contribution in [0, 0.1) is 6.92 Å². The Kier molecular flexibility index (Phi) is 4.77. The molecule has 0 aliphatic carbocycles. The largest absolute Gasteiger partial charge is 0.419 e. The summed E-state index contributed by atoms with van der Waals surface area (Å²) >= 11 is 5.87. The molecule has 0 radical (unpaired) electrons. The summed E-state index contributed by atoms with van der Waals surface area (Å²) in [4.78, 5) is 11.9. The first-order valence-corrected chi connectivity index (χ1v) is 7.68. The number of carbonyl (C=O) groups excluding carboxylic acids is 1. The molecule has 1 heterocycles. The minimum absolute atomic E-state index is 0.130. The highest BCUT2D eigenvalue weighted by atomic mass is 35.5. The second-order valence-corrected chi connectivity index (χ2v) is 5.62. The fourth-order valence-corrected chi connectivity index (χ4v) is 2.23. The predicted molar refractivity (Wildman–Crippen MR) is 91.8 cm³/mol. The van der Waals surface area contributed by atoms with E-state index in [1.54, 1.807) is 24.3 Å². The Morgan fingerprint density at radius 3 is 2.71 bits per heavy atom. The molecule has 0 fully saturated rings. The molecule has 0 saturated carbocycles. The van der Waals surface area contributed by atoms with Gasteiger partial charge in [-0.2, -0.15) is 0 Å². The Balaban J connectivity index is 1.57. The Labute approximate surface area is 143 Å². The van der Waals surface area contributed by atoms with Crippen molar-refractivity contribution in [1.29, 1.82) is 0 Å². The Morgan fingerprint density at radius 2 is 1.96 bits per heavy atom. The Morgan fingerprint density at radius 1 is 1.17 bits per heavy atom. The standard InChI is InChI=1S/C17H15ClN4O2/c1-11-5-7-12(8-6-11)16-22-21-15(24-16)10-19-17(23)20-14-4-2-3-13(18)9-14/h2-9H,10H2,1H3,(H2,19,20,23). The molecule has 2 amide bonds. The summed E-state index contributed by atoms with van der Waals surface area (Å²) in [5, 5.41) is 13.8. The highest BCUT2D eigenvalue weighted by molar-refractivity contribution is 6.30. The van der Waals surface area contributed by atoms with Gasteiger partial charge >= 0.3 is 6.03 Å². The molecule has 3 aromatic rings. The van der Waals surface area contributed by atoms with Crippen molar-refractivity contribution >= 4 is 23.3 Å². The van der Waals surface area contributed by atoms with Crippen LogP contribution in [0.1, 0.15) is 11.5 Å². The second-order valence-electron chi connectivity index (χ2n) is 5.19. The van der Waals surface area contributed by atoms with Crippen LogP contribution in [0.3, 0.4) is 0 Å². The van der Waals surface area contributed by atoms with Gasteiger partial charge in [0.05, 0.1) is 6.54 Å². The average molecular weight is 343 g/mol. The van der Waals surface area contributed by atoms with Gasteiger partial charge in [0, 0.05) is 16.3 Å². The molecular weight excluding hydrogens is 328 g/mol. The van der Waals surface area contributed by atoms with Crippen LogP contribution in [-0.4, -0.2) is 16.2 Å². The first-order chi connectivity index (χ1) is 11.6. The van der Waals surface area contributed by atoms with Crippen molar-refractivity contribution < 1.29 is 9.21 Å². The molecule has 24 heavy (non-hydrogen) atoms. The topological polar surface area (TPSA) is 80.0 Å². The number of nitrogens with one attached hydrogen (secondary N) is 2. The first-order valence-electron chi connectivity index (χ1n) is 7.30. The number of rotatable bonds is 4. The van der Waals surface area contributed by atoms with Crippen molar-refractivity contribution in [1.82, 2.24) is 15.5 Å². The molecule has 2 aromatic carbocycles. The van der Waals surface area contributed by atoms with E-state index in [0.29, 0.717) is 22.5 Å². The number of aromatic nitrogens is 2. The predicted octanol–water partition coefficient (Wildman–Crippen LogP) is 4.02.